The Morgan fingerprint density at radius 3 is 2.46 bits per heavy atom. The molecule has 2 aliphatic rings. The van der Waals surface area contributed by atoms with Gasteiger partial charge in [0, 0.05) is 12.2 Å². The van der Waals surface area contributed by atoms with Crippen LogP contribution in [0.3, 0.4) is 0 Å². The van der Waals surface area contributed by atoms with Crippen molar-refractivity contribution in [3.63, 3.8) is 0 Å². The summed E-state index contributed by atoms with van der Waals surface area (Å²) in [5.74, 6) is -0.656. The van der Waals surface area contributed by atoms with Crippen molar-refractivity contribution in [2.45, 2.75) is 24.9 Å². The summed E-state index contributed by atoms with van der Waals surface area (Å²) in [6.07, 6.45) is 0.467. The molecule has 1 aromatic carbocycles. The number of hydroxylamine groups is 2. The molecule has 0 aromatic heterocycles. The number of carbonyl (C=O) groups excluding carboxylic acids is 3. The normalized spacial score (nSPS) is 21.0. The van der Waals surface area contributed by atoms with E-state index in [1.807, 2.05) is 0 Å². The molecule has 12 nitrogen and oxygen atoms in total. The maximum absolute atomic E-state index is 12.3. The molecule has 2 fully saturated rings. The van der Waals surface area contributed by atoms with E-state index in [1.54, 1.807) is 30.3 Å². The third kappa shape index (κ3) is 5.33. The Morgan fingerprint density at radius 2 is 1.82 bits per heavy atom. The van der Waals surface area contributed by atoms with Gasteiger partial charge in [0.25, 0.3) is 5.91 Å². The summed E-state index contributed by atoms with van der Waals surface area (Å²) >= 11 is 0. The van der Waals surface area contributed by atoms with Gasteiger partial charge in [-0.1, -0.05) is 18.2 Å². The van der Waals surface area contributed by atoms with E-state index in [0.717, 1.165) is 4.90 Å². The first kappa shape index (κ1) is 22.4. The van der Waals surface area contributed by atoms with Crippen molar-refractivity contribution in [2.24, 2.45) is 0 Å². The van der Waals surface area contributed by atoms with Crippen LogP contribution in [-0.2, 0) is 19.5 Å². The van der Waals surface area contributed by atoms with E-state index in [-0.39, 0.29) is 48.9 Å². The minimum absolute atomic E-state index is 0. The minimum Gasteiger partial charge on any atom is -0.724 e. The first-order valence-electron chi connectivity index (χ1n) is 7.92. The first-order valence-corrected chi connectivity index (χ1v) is 9.25. The number of fused-ring (bicyclic) bond motifs is 2. The number of hydrogen-bond acceptors (Lipinski definition) is 7. The van der Waals surface area contributed by atoms with Gasteiger partial charge in [0.2, 0.25) is 10.4 Å². The number of urea groups is 2. The molecule has 5 amide bonds. The van der Waals surface area contributed by atoms with E-state index < -0.39 is 40.5 Å². The molecule has 2 heterocycles. The Labute approximate surface area is 182 Å². The fourth-order valence-electron chi connectivity index (χ4n) is 2.99. The number of nitrogens with zero attached hydrogens (tertiary/aromatic N) is 2. The van der Waals surface area contributed by atoms with Crippen molar-refractivity contribution in [1.82, 2.24) is 20.8 Å². The number of rotatable bonds is 4. The van der Waals surface area contributed by atoms with Gasteiger partial charge in [-0.3, -0.25) is 10.2 Å². The van der Waals surface area contributed by atoms with Crippen LogP contribution in [0.5, 0.6) is 0 Å². The number of amides is 5. The maximum atomic E-state index is 12.3. The zero-order chi connectivity index (χ0) is 19.6. The number of carbonyl (C=O) groups is 3. The van der Waals surface area contributed by atoms with Crippen molar-refractivity contribution in [3.8, 4) is 0 Å². The van der Waals surface area contributed by atoms with Gasteiger partial charge in [0.05, 0.1) is 6.04 Å². The molecule has 0 unspecified atom stereocenters. The number of nitrogens with one attached hydrogen (secondary N) is 3. The van der Waals surface area contributed by atoms with Crippen LogP contribution < -0.4 is 45.7 Å². The third-order valence-electron chi connectivity index (χ3n) is 4.13. The smallest absolute Gasteiger partial charge is 0.724 e. The Bertz CT molecular complexity index is 853. The summed E-state index contributed by atoms with van der Waals surface area (Å²) in [6.45, 7) is 0.0304. The van der Waals surface area contributed by atoms with E-state index in [4.69, 9.17) is 0 Å². The molecule has 0 aliphatic carbocycles. The van der Waals surface area contributed by atoms with Crippen LogP contribution in [0, 0.1) is 0 Å². The second-order valence-electron chi connectivity index (χ2n) is 5.92. The second kappa shape index (κ2) is 9.07. The SMILES string of the molecule is O=C(NNC(=O)[C@@H]1CC[C@@H]2CN1C(=O)N2OS(=O)(=O)[O-])Nc1ccccc1.[Na+]. The van der Waals surface area contributed by atoms with Crippen LogP contribution in [-0.4, -0.2) is 59.5 Å². The van der Waals surface area contributed by atoms with Crippen molar-refractivity contribution < 1.29 is 61.2 Å². The molecule has 2 bridgehead atoms. The number of anilines is 1. The molecular weight excluding hydrogens is 405 g/mol. The van der Waals surface area contributed by atoms with Crippen LogP contribution in [0.25, 0.3) is 0 Å². The molecule has 0 saturated carbocycles. The van der Waals surface area contributed by atoms with Gasteiger partial charge in [-0.15, -0.1) is 0 Å². The van der Waals surface area contributed by atoms with E-state index in [0.29, 0.717) is 10.8 Å². The van der Waals surface area contributed by atoms with Crippen molar-refractivity contribution in [3.05, 3.63) is 30.3 Å². The van der Waals surface area contributed by atoms with Gasteiger partial charge in [-0.25, -0.2) is 23.4 Å². The Balaban J connectivity index is 0.00000280. The number of benzene rings is 1. The van der Waals surface area contributed by atoms with Crippen LogP contribution in [0.2, 0.25) is 0 Å². The van der Waals surface area contributed by atoms with E-state index >= 15 is 0 Å². The summed E-state index contributed by atoms with van der Waals surface area (Å²) in [4.78, 5) is 37.4. The zero-order valence-electron chi connectivity index (χ0n) is 14.8. The molecule has 1 aromatic rings. The fraction of sp³-hybridized carbons (Fsp3) is 0.357. The number of piperidine rings is 1. The Hall–Kier alpha value is -1.90. The Kier molecular flexibility index (Phi) is 7.25. The number of hydrazine groups is 1. The second-order valence-corrected chi connectivity index (χ2v) is 6.89. The zero-order valence-corrected chi connectivity index (χ0v) is 17.6. The number of para-hydroxylation sites is 1. The molecule has 2 atom stereocenters. The molecule has 0 radical (unpaired) electrons. The van der Waals surface area contributed by atoms with Crippen LogP contribution in [0.15, 0.2) is 30.3 Å². The summed E-state index contributed by atoms with van der Waals surface area (Å²) < 4.78 is 36.4. The first-order chi connectivity index (χ1) is 12.7. The molecule has 14 heteroatoms. The molecule has 2 aliphatic heterocycles. The molecule has 146 valence electrons. The fourth-order valence-corrected chi connectivity index (χ4v) is 3.37. The van der Waals surface area contributed by atoms with Crippen molar-refractivity contribution >= 4 is 34.1 Å². The van der Waals surface area contributed by atoms with E-state index in [9.17, 15) is 27.4 Å². The third-order valence-corrected chi connectivity index (χ3v) is 4.47. The van der Waals surface area contributed by atoms with Crippen LogP contribution in [0.4, 0.5) is 15.3 Å². The predicted octanol–water partition coefficient (Wildman–Crippen LogP) is -3.50. The predicted molar refractivity (Wildman–Crippen MR) is 88.3 cm³/mol. The van der Waals surface area contributed by atoms with E-state index in [2.05, 4.69) is 20.5 Å². The quantitative estimate of drug-likeness (QED) is 0.197. The maximum Gasteiger partial charge on any atom is 1.00 e. The monoisotopic (exact) mass is 421 g/mol. The van der Waals surface area contributed by atoms with Gasteiger partial charge in [0.15, 0.2) is 0 Å². The minimum atomic E-state index is -5.11. The van der Waals surface area contributed by atoms with Crippen LogP contribution >= 0.6 is 0 Å². The topological polar surface area (TPSA) is 160 Å². The van der Waals surface area contributed by atoms with Crippen molar-refractivity contribution in [1.29, 1.82) is 0 Å². The van der Waals surface area contributed by atoms with Crippen LogP contribution in [0.1, 0.15) is 12.8 Å². The molecule has 3 rings (SSSR count). The molecule has 3 N–H and O–H groups in total. The van der Waals surface area contributed by atoms with E-state index in [1.165, 1.54) is 0 Å². The molecule has 2 saturated heterocycles. The average molecular weight is 421 g/mol. The molecular formula is C14H16N5NaO7S. The number of hydrogen-bond donors (Lipinski definition) is 3. The standard InChI is InChI=1S/C14H17N5O7S.Na/c20-12(16-17-13(21)15-9-4-2-1-3-5-9)11-7-6-10-8-18(11)14(22)19(10)26-27(23,24)25;/h1-5,10-11H,6-8H2,(H,16,20)(H2,15,17,21)(H,23,24,25);/q;+1/p-1/t10-,11+;/m1./s1. The summed E-state index contributed by atoms with van der Waals surface area (Å²) in [5, 5.41) is 2.98. The van der Waals surface area contributed by atoms with Gasteiger partial charge in [-0.05, 0) is 25.0 Å². The molecule has 28 heavy (non-hydrogen) atoms. The summed E-state index contributed by atoms with van der Waals surface area (Å²) in [6, 6.07) is 5.38. The molecule has 0 spiro atoms. The van der Waals surface area contributed by atoms with Gasteiger partial charge in [0.1, 0.15) is 6.04 Å². The summed E-state index contributed by atoms with van der Waals surface area (Å²) in [5.41, 5.74) is 4.90. The van der Waals surface area contributed by atoms with Crippen molar-refractivity contribution in [2.75, 3.05) is 11.9 Å². The van der Waals surface area contributed by atoms with Gasteiger partial charge < -0.3 is 14.8 Å². The van der Waals surface area contributed by atoms with Gasteiger partial charge in [-0.2, -0.15) is 9.35 Å². The average Bonchev–Trinajstić information content (AvgIpc) is 2.84. The largest absolute Gasteiger partial charge is 1.00 e. The Morgan fingerprint density at radius 1 is 1.14 bits per heavy atom. The van der Waals surface area contributed by atoms with Gasteiger partial charge >= 0.3 is 41.6 Å². The summed E-state index contributed by atoms with van der Waals surface area (Å²) in [7, 11) is -5.11.